The van der Waals surface area contributed by atoms with Gasteiger partial charge in [0.15, 0.2) is 0 Å². The summed E-state index contributed by atoms with van der Waals surface area (Å²) < 4.78 is 18.9. The number of benzene rings is 1. The maximum absolute atomic E-state index is 14.2. The van der Waals surface area contributed by atoms with Crippen molar-refractivity contribution in [3.63, 3.8) is 0 Å². The summed E-state index contributed by atoms with van der Waals surface area (Å²) >= 11 is 7.60. The number of nitrogens with zero attached hydrogens (tertiary/aromatic N) is 4. The molecule has 0 amide bonds. The first-order chi connectivity index (χ1) is 14.9. The third-order valence-corrected chi connectivity index (χ3v) is 7.33. The first-order valence-corrected chi connectivity index (χ1v) is 11.3. The number of aromatic nitrogens is 4. The first-order valence-electron chi connectivity index (χ1n) is 10.1. The van der Waals surface area contributed by atoms with Crippen LogP contribution >= 0.6 is 22.9 Å². The topological polar surface area (TPSA) is 61.8 Å². The van der Waals surface area contributed by atoms with Crippen molar-refractivity contribution < 1.29 is 4.39 Å². The molecule has 160 valence electrons. The van der Waals surface area contributed by atoms with Gasteiger partial charge in [0.1, 0.15) is 16.0 Å². The molecule has 4 aromatic rings. The maximum Gasteiger partial charge on any atom is 0.331 e. The van der Waals surface area contributed by atoms with Crippen LogP contribution in [0.3, 0.4) is 0 Å². The van der Waals surface area contributed by atoms with E-state index in [1.165, 1.54) is 35.1 Å². The molecule has 0 bridgehead atoms. The lowest BCUT2D eigenvalue weighted by molar-refractivity contribution is 0.625. The number of hydrogen-bond acceptors (Lipinski definition) is 4. The molecule has 3 aromatic heterocycles. The van der Waals surface area contributed by atoms with Crippen molar-refractivity contribution in [1.82, 2.24) is 18.7 Å². The van der Waals surface area contributed by atoms with Crippen LogP contribution in [0, 0.1) is 5.82 Å². The van der Waals surface area contributed by atoms with E-state index in [1.807, 2.05) is 0 Å². The fraction of sp³-hybridized carbons (Fsp3) is 0.318. The van der Waals surface area contributed by atoms with Crippen molar-refractivity contribution in [1.29, 1.82) is 0 Å². The monoisotopic (exact) mass is 458 g/mol. The van der Waals surface area contributed by atoms with Gasteiger partial charge in [0, 0.05) is 31.6 Å². The molecular weight excluding hydrogens is 439 g/mol. The lowest BCUT2D eigenvalue weighted by Crippen LogP contribution is -2.37. The Morgan fingerprint density at radius 1 is 1.19 bits per heavy atom. The zero-order valence-electron chi connectivity index (χ0n) is 17.1. The van der Waals surface area contributed by atoms with Crippen molar-refractivity contribution in [2.24, 2.45) is 14.1 Å². The minimum atomic E-state index is -0.392. The van der Waals surface area contributed by atoms with Gasteiger partial charge in [-0.3, -0.25) is 13.9 Å². The molecule has 0 fully saturated rings. The van der Waals surface area contributed by atoms with Crippen molar-refractivity contribution in [2.75, 3.05) is 0 Å². The maximum atomic E-state index is 14.2. The first kappa shape index (κ1) is 20.2. The second-order valence-corrected chi connectivity index (χ2v) is 9.16. The standard InChI is InChI=1S/C22H20ClFN4O2S/c1-26-19-16(21(29)27(2)22(26)30)17(12-6-5-7-13(24)10-12)28-9-4-3-8-14(18(19)28)20-25-15(23)11-31-20/h5-7,10-11,14H,3-4,8-9H2,1-2H3/t14-/m0/s1. The van der Waals surface area contributed by atoms with E-state index in [9.17, 15) is 14.0 Å². The van der Waals surface area contributed by atoms with Gasteiger partial charge in [-0.05, 0) is 25.0 Å². The quantitative estimate of drug-likeness (QED) is 0.450. The number of fused-ring (bicyclic) bond motifs is 3. The zero-order valence-corrected chi connectivity index (χ0v) is 18.6. The van der Waals surface area contributed by atoms with Gasteiger partial charge < -0.3 is 4.57 Å². The number of aryl methyl sites for hydroxylation is 1. The summed E-state index contributed by atoms with van der Waals surface area (Å²) in [7, 11) is 3.15. The summed E-state index contributed by atoms with van der Waals surface area (Å²) in [4.78, 5) is 30.7. The zero-order chi connectivity index (χ0) is 21.9. The molecule has 6 nitrogen and oxygen atoms in total. The summed E-state index contributed by atoms with van der Waals surface area (Å²) in [5.41, 5.74) is 1.95. The number of halogens is 2. The van der Waals surface area contributed by atoms with E-state index in [2.05, 4.69) is 9.55 Å². The molecule has 0 saturated heterocycles. The van der Waals surface area contributed by atoms with Gasteiger partial charge in [0.2, 0.25) is 0 Å². The van der Waals surface area contributed by atoms with Crippen LogP contribution in [0.2, 0.25) is 5.15 Å². The van der Waals surface area contributed by atoms with Crippen LogP contribution in [0.15, 0.2) is 39.2 Å². The largest absolute Gasteiger partial charge is 0.341 e. The number of rotatable bonds is 2. The van der Waals surface area contributed by atoms with E-state index in [0.29, 0.717) is 33.9 Å². The smallest absolute Gasteiger partial charge is 0.331 e. The van der Waals surface area contributed by atoms with Gasteiger partial charge in [-0.1, -0.05) is 30.2 Å². The van der Waals surface area contributed by atoms with Crippen LogP contribution in [-0.4, -0.2) is 18.7 Å². The fourth-order valence-electron chi connectivity index (χ4n) is 4.68. The van der Waals surface area contributed by atoms with Gasteiger partial charge in [0.05, 0.1) is 28.2 Å². The van der Waals surface area contributed by atoms with Crippen molar-refractivity contribution in [2.45, 2.75) is 31.7 Å². The molecule has 1 aliphatic heterocycles. The van der Waals surface area contributed by atoms with Gasteiger partial charge >= 0.3 is 5.69 Å². The van der Waals surface area contributed by atoms with Crippen LogP contribution in [0.4, 0.5) is 4.39 Å². The Morgan fingerprint density at radius 2 is 2.00 bits per heavy atom. The predicted molar refractivity (Wildman–Crippen MR) is 121 cm³/mol. The average Bonchev–Trinajstić information content (AvgIpc) is 3.25. The summed E-state index contributed by atoms with van der Waals surface area (Å²) in [6.07, 6.45) is 2.70. The van der Waals surface area contributed by atoms with E-state index in [4.69, 9.17) is 11.6 Å². The van der Waals surface area contributed by atoms with Crippen LogP contribution in [0.5, 0.6) is 0 Å². The normalized spacial score (nSPS) is 16.5. The Hall–Kier alpha value is -2.71. The molecule has 9 heteroatoms. The molecule has 0 saturated carbocycles. The molecule has 0 aliphatic carbocycles. The van der Waals surface area contributed by atoms with Gasteiger partial charge in [-0.25, -0.2) is 14.2 Å². The van der Waals surface area contributed by atoms with Gasteiger partial charge in [-0.15, -0.1) is 11.3 Å². The molecule has 31 heavy (non-hydrogen) atoms. The predicted octanol–water partition coefficient (Wildman–Crippen LogP) is 4.27. The van der Waals surface area contributed by atoms with E-state index in [0.717, 1.165) is 34.5 Å². The van der Waals surface area contributed by atoms with Crippen LogP contribution < -0.4 is 11.2 Å². The average molecular weight is 459 g/mol. The van der Waals surface area contributed by atoms with Gasteiger partial charge in [0.25, 0.3) is 5.56 Å². The molecular formula is C22H20ClFN4O2S. The highest BCUT2D eigenvalue weighted by molar-refractivity contribution is 7.10. The Kier molecular flexibility index (Phi) is 4.86. The van der Waals surface area contributed by atoms with Crippen LogP contribution in [0.25, 0.3) is 22.2 Å². The molecule has 1 aliphatic rings. The summed E-state index contributed by atoms with van der Waals surface area (Å²) in [6, 6.07) is 6.26. The Labute approximate surface area is 186 Å². The van der Waals surface area contributed by atoms with Crippen LogP contribution in [-0.2, 0) is 20.6 Å². The molecule has 0 unspecified atom stereocenters. The van der Waals surface area contributed by atoms with Crippen molar-refractivity contribution >= 4 is 33.8 Å². The third kappa shape index (κ3) is 3.08. The Morgan fingerprint density at radius 3 is 2.71 bits per heavy atom. The van der Waals surface area contributed by atoms with Gasteiger partial charge in [-0.2, -0.15) is 0 Å². The highest BCUT2D eigenvalue weighted by atomic mass is 35.5. The van der Waals surface area contributed by atoms with Crippen molar-refractivity contribution in [3.05, 3.63) is 72.2 Å². The second kappa shape index (κ2) is 7.46. The van der Waals surface area contributed by atoms with E-state index < -0.39 is 5.69 Å². The fourth-order valence-corrected chi connectivity index (χ4v) is 5.77. The highest BCUT2D eigenvalue weighted by Gasteiger charge is 2.32. The number of thiazole rings is 1. The summed E-state index contributed by atoms with van der Waals surface area (Å²) in [5, 5.41) is 3.51. The number of hydrogen-bond donors (Lipinski definition) is 0. The van der Waals surface area contributed by atoms with Crippen LogP contribution in [0.1, 0.15) is 35.9 Å². The molecule has 1 aromatic carbocycles. The van der Waals surface area contributed by atoms with E-state index in [1.54, 1.807) is 24.6 Å². The minimum absolute atomic E-state index is 0.109. The third-order valence-electron chi connectivity index (χ3n) is 6.05. The second-order valence-electron chi connectivity index (χ2n) is 7.88. The molecule has 4 heterocycles. The lowest BCUT2D eigenvalue weighted by atomic mass is 9.99. The van der Waals surface area contributed by atoms with E-state index >= 15 is 0 Å². The lowest BCUT2D eigenvalue weighted by Gasteiger charge is -2.16. The van der Waals surface area contributed by atoms with Crippen molar-refractivity contribution in [3.8, 4) is 11.3 Å². The summed E-state index contributed by atoms with van der Waals surface area (Å²) in [5.74, 6) is -0.484. The van der Waals surface area contributed by atoms with E-state index in [-0.39, 0.29) is 17.3 Å². The molecule has 0 radical (unpaired) electrons. The highest BCUT2D eigenvalue weighted by Crippen LogP contribution is 2.43. The molecule has 0 spiro atoms. The molecule has 0 N–H and O–H groups in total. The minimum Gasteiger partial charge on any atom is -0.341 e. The summed E-state index contributed by atoms with van der Waals surface area (Å²) in [6.45, 7) is 0.669. The Bertz CT molecular complexity index is 1450. The molecule has 1 atom stereocenters. The SMILES string of the molecule is Cn1c(=O)c2c(-c3cccc(F)c3)n3c(c2n(C)c1=O)[C@@H](c1nc(Cl)cs1)CCCC3. The molecule has 5 rings (SSSR count). The Balaban J connectivity index is 1.98.